The molecule has 0 atom stereocenters. The summed E-state index contributed by atoms with van der Waals surface area (Å²) in [5.41, 5.74) is 0.444. The smallest absolute Gasteiger partial charge is 0.317 e. The molecule has 1 aromatic carbocycles. The molecule has 0 aliphatic carbocycles. The molecule has 5 nitrogen and oxygen atoms in total. The summed E-state index contributed by atoms with van der Waals surface area (Å²) >= 11 is 11.7. The van der Waals surface area contributed by atoms with Crippen LogP contribution < -0.4 is 5.32 Å². The van der Waals surface area contributed by atoms with Crippen LogP contribution in [-0.2, 0) is 9.59 Å². The van der Waals surface area contributed by atoms with Crippen molar-refractivity contribution in [2.75, 3.05) is 25.5 Å². The molecule has 0 aliphatic heterocycles. The maximum atomic E-state index is 11.7. The van der Waals surface area contributed by atoms with Gasteiger partial charge in [-0.2, -0.15) is 0 Å². The van der Waals surface area contributed by atoms with Crippen molar-refractivity contribution in [2.45, 2.75) is 6.42 Å². The third kappa shape index (κ3) is 5.92. The van der Waals surface area contributed by atoms with Crippen molar-refractivity contribution >= 4 is 40.8 Å². The molecule has 0 aliphatic rings. The number of halogens is 2. The Kier molecular flexibility index (Phi) is 6.08. The number of anilines is 1. The van der Waals surface area contributed by atoms with E-state index in [1.165, 1.54) is 0 Å². The highest BCUT2D eigenvalue weighted by molar-refractivity contribution is 6.35. The number of aliphatic carboxylic acids is 1. The van der Waals surface area contributed by atoms with Gasteiger partial charge < -0.3 is 10.4 Å². The second kappa shape index (κ2) is 7.33. The molecule has 0 unspecified atom stereocenters. The van der Waals surface area contributed by atoms with Crippen LogP contribution in [0.25, 0.3) is 0 Å². The summed E-state index contributed by atoms with van der Waals surface area (Å²) < 4.78 is 0. The minimum atomic E-state index is -0.930. The van der Waals surface area contributed by atoms with Gasteiger partial charge in [0.15, 0.2) is 0 Å². The summed E-state index contributed by atoms with van der Waals surface area (Å²) in [6, 6.07) is 4.78. The SMILES string of the molecule is CN(CCC(=O)Nc1cc(Cl)ccc1Cl)CC(=O)O. The van der Waals surface area contributed by atoms with E-state index in [0.29, 0.717) is 22.3 Å². The number of nitrogens with zero attached hydrogens (tertiary/aromatic N) is 1. The average molecular weight is 305 g/mol. The van der Waals surface area contributed by atoms with E-state index in [1.54, 1.807) is 30.1 Å². The monoisotopic (exact) mass is 304 g/mol. The fourth-order valence-corrected chi connectivity index (χ4v) is 1.75. The number of carboxylic acid groups (broad SMARTS) is 1. The van der Waals surface area contributed by atoms with Gasteiger partial charge in [-0.05, 0) is 25.2 Å². The van der Waals surface area contributed by atoms with Crippen LogP contribution in [0.5, 0.6) is 0 Å². The maximum absolute atomic E-state index is 11.7. The third-order valence-corrected chi connectivity index (χ3v) is 2.89. The fraction of sp³-hybridized carbons (Fsp3) is 0.333. The molecule has 0 saturated heterocycles. The van der Waals surface area contributed by atoms with E-state index in [-0.39, 0.29) is 18.9 Å². The van der Waals surface area contributed by atoms with E-state index >= 15 is 0 Å². The zero-order valence-electron chi connectivity index (χ0n) is 10.3. The van der Waals surface area contributed by atoms with Crippen molar-refractivity contribution in [3.63, 3.8) is 0 Å². The highest BCUT2D eigenvalue weighted by Crippen LogP contribution is 2.25. The van der Waals surface area contributed by atoms with Crippen LogP contribution in [0.15, 0.2) is 18.2 Å². The molecule has 7 heteroatoms. The molecule has 1 amide bonds. The van der Waals surface area contributed by atoms with Crippen molar-refractivity contribution in [2.24, 2.45) is 0 Å². The Morgan fingerprint density at radius 2 is 2.05 bits per heavy atom. The van der Waals surface area contributed by atoms with E-state index in [1.807, 2.05) is 0 Å². The minimum absolute atomic E-state index is 0.106. The van der Waals surface area contributed by atoms with Crippen LogP contribution in [0.1, 0.15) is 6.42 Å². The number of rotatable bonds is 6. The third-order valence-electron chi connectivity index (χ3n) is 2.33. The van der Waals surface area contributed by atoms with E-state index in [9.17, 15) is 9.59 Å². The van der Waals surface area contributed by atoms with Crippen molar-refractivity contribution in [3.05, 3.63) is 28.2 Å². The summed E-state index contributed by atoms with van der Waals surface area (Å²) in [5, 5.41) is 12.1. The quantitative estimate of drug-likeness (QED) is 0.846. The van der Waals surface area contributed by atoms with Crippen LogP contribution in [0.3, 0.4) is 0 Å². The van der Waals surface area contributed by atoms with Gasteiger partial charge in [0.2, 0.25) is 5.91 Å². The Labute approximate surface area is 121 Å². The normalized spacial score (nSPS) is 10.5. The van der Waals surface area contributed by atoms with E-state index in [4.69, 9.17) is 28.3 Å². The number of carbonyl (C=O) groups excluding carboxylic acids is 1. The lowest BCUT2D eigenvalue weighted by atomic mass is 10.3. The zero-order chi connectivity index (χ0) is 14.4. The molecular weight excluding hydrogens is 291 g/mol. The van der Waals surface area contributed by atoms with Gasteiger partial charge in [-0.3, -0.25) is 14.5 Å². The highest BCUT2D eigenvalue weighted by Gasteiger charge is 2.09. The lowest BCUT2D eigenvalue weighted by Crippen LogP contribution is -2.29. The van der Waals surface area contributed by atoms with Crippen LogP contribution >= 0.6 is 23.2 Å². The van der Waals surface area contributed by atoms with E-state index < -0.39 is 5.97 Å². The van der Waals surface area contributed by atoms with E-state index in [0.717, 1.165) is 0 Å². The van der Waals surface area contributed by atoms with Gasteiger partial charge in [0.25, 0.3) is 0 Å². The summed E-state index contributed by atoms with van der Waals surface area (Å²) in [7, 11) is 1.63. The van der Waals surface area contributed by atoms with Gasteiger partial charge in [0.1, 0.15) is 0 Å². The molecule has 104 valence electrons. The minimum Gasteiger partial charge on any atom is -0.480 e. The lowest BCUT2D eigenvalue weighted by molar-refractivity contribution is -0.138. The number of benzene rings is 1. The van der Waals surface area contributed by atoms with Crippen molar-refractivity contribution in [3.8, 4) is 0 Å². The maximum Gasteiger partial charge on any atom is 0.317 e. The standard InChI is InChI=1S/C12H14Cl2N2O3/c1-16(7-12(18)19)5-4-11(17)15-10-6-8(13)2-3-9(10)14/h2-3,6H,4-5,7H2,1H3,(H,15,17)(H,18,19). The van der Waals surface area contributed by atoms with Gasteiger partial charge in [-0.1, -0.05) is 23.2 Å². The fourth-order valence-electron chi connectivity index (χ4n) is 1.41. The molecule has 1 rings (SSSR count). The van der Waals surface area contributed by atoms with Crippen molar-refractivity contribution in [1.29, 1.82) is 0 Å². The van der Waals surface area contributed by atoms with Gasteiger partial charge in [0, 0.05) is 18.0 Å². The Bertz CT molecular complexity index is 480. The Morgan fingerprint density at radius 1 is 1.37 bits per heavy atom. The number of nitrogens with one attached hydrogen (secondary N) is 1. The summed E-state index contributed by atoms with van der Waals surface area (Å²) in [6.07, 6.45) is 0.173. The molecular formula is C12H14Cl2N2O3. The molecule has 19 heavy (non-hydrogen) atoms. The average Bonchev–Trinajstić information content (AvgIpc) is 2.30. The summed E-state index contributed by atoms with van der Waals surface area (Å²) in [4.78, 5) is 23.7. The number of likely N-dealkylation sites (N-methyl/N-ethyl adjacent to an activating group) is 1. The first-order valence-corrected chi connectivity index (χ1v) is 6.29. The van der Waals surface area contributed by atoms with Crippen molar-refractivity contribution in [1.82, 2.24) is 4.90 Å². The van der Waals surface area contributed by atoms with Gasteiger partial charge in [0.05, 0.1) is 17.3 Å². The Hall–Kier alpha value is -1.30. The molecule has 2 N–H and O–H groups in total. The van der Waals surface area contributed by atoms with Gasteiger partial charge in [-0.25, -0.2) is 0 Å². The summed E-state index contributed by atoms with van der Waals surface area (Å²) in [6.45, 7) is 0.238. The summed E-state index contributed by atoms with van der Waals surface area (Å²) in [5.74, 6) is -1.18. The predicted octanol–water partition coefficient (Wildman–Crippen LogP) is 2.34. The Balaban J connectivity index is 2.47. The first-order chi connectivity index (χ1) is 8.88. The highest BCUT2D eigenvalue weighted by atomic mass is 35.5. The number of amides is 1. The molecule has 0 spiro atoms. The number of hydrogen-bond acceptors (Lipinski definition) is 3. The first-order valence-electron chi connectivity index (χ1n) is 5.53. The number of carboxylic acids is 1. The van der Waals surface area contributed by atoms with Gasteiger partial charge in [-0.15, -0.1) is 0 Å². The largest absolute Gasteiger partial charge is 0.480 e. The van der Waals surface area contributed by atoms with E-state index in [2.05, 4.69) is 5.32 Å². The van der Waals surface area contributed by atoms with Gasteiger partial charge >= 0.3 is 5.97 Å². The molecule has 1 aromatic rings. The lowest BCUT2D eigenvalue weighted by Gasteiger charge is -2.13. The second-order valence-corrected chi connectivity index (χ2v) is 4.90. The van der Waals surface area contributed by atoms with Crippen LogP contribution in [0.4, 0.5) is 5.69 Å². The molecule has 0 bridgehead atoms. The molecule has 0 saturated carbocycles. The van der Waals surface area contributed by atoms with Crippen molar-refractivity contribution < 1.29 is 14.7 Å². The Morgan fingerprint density at radius 3 is 2.68 bits per heavy atom. The second-order valence-electron chi connectivity index (χ2n) is 4.05. The molecule has 0 radical (unpaired) electrons. The molecule has 0 heterocycles. The topological polar surface area (TPSA) is 69.6 Å². The molecule has 0 aromatic heterocycles. The first kappa shape index (κ1) is 15.8. The number of carbonyl (C=O) groups is 2. The van der Waals surface area contributed by atoms with Crippen LogP contribution in [0.2, 0.25) is 10.0 Å². The zero-order valence-corrected chi connectivity index (χ0v) is 11.8. The van der Waals surface area contributed by atoms with Crippen LogP contribution in [0, 0.1) is 0 Å². The predicted molar refractivity (Wildman–Crippen MR) is 74.8 cm³/mol. The van der Waals surface area contributed by atoms with Crippen LogP contribution in [-0.4, -0.2) is 42.0 Å². The number of hydrogen-bond donors (Lipinski definition) is 2. The molecule has 0 fully saturated rings.